The second kappa shape index (κ2) is 9.16. The molecule has 1 amide bonds. The van der Waals surface area contributed by atoms with Crippen LogP contribution in [0.1, 0.15) is 33.6 Å². The number of carbonyl (C=O) groups excluding carboxylic acids is 1. The fourth-order valence-electron chi connectivity index (χ4n) is 4.04. The van der Waals surface area contributed by atoms with Crippen molar-refractivity contribution in [2.24, 2.45) is 0 Å². The Balaban J connectivity index is 1.47. The average Bonchev–Trinajstić information content (AvgIpc) is 3.01. The standard InChI is InChI=1S/C24H25F3N4O/c1-18-22(16-28-31(18)21-10-5-9-20(15-21)24(25,26)27)23(32)30-12-6-11-29(13-14-30)17-19-7-3-2-4-8-19/h2-5,7-10,15-16H,6,11-14,17H2,1H3. The predicted octanol–water partition coefficient (Wildman–Crippen LogP) is 4.55. The summed E-state index contributed by atoms with van der Waals surface area (Å²) in [5, 5.41) is 4.21. The first-order valence-corrected chi connectivity index (χ1v) is 10.6. The van der Waals surface area contributed by atoms with E-state index in [2.05, 4.69) is 22.1 Å². The normalized spacial score (nSPS) is 15.6. The Kier molecular flexibility index (Phi) is 6.32. The maximum atomic E-state index is 13.2. The molecule has 0 N–H and O–H groups in total. The molecule has 0 bridgehead atoms. The summed E-state index contributed by atoms with van der Waals surface area (Å²) in [6.45, 7) is 5.45. The molecular weight excluding hydrogens is 417 g/mol. The van der Waals surface area contributed by atoms with Gasteiger partial charge in [0.2, 0.25) is 0 Å². The minimum Gasteiger partial charge on any atom is -0.337 e. The summed E-state index contributed by atoms with van der Waals surface area (Å²) in [6.07, 6.45) is -2.13. The molecule has 1 aromatic heterocycles. The van der Waals surface area contributed by atoms with Crippen LogP contribution in [-0.2, 0) is 12.7 Å². The van der Waals surface area contributed by atoms with Crippen LogP contribution in [-0.4, -0.2) is 51.7 Å². The van der Waals surface area contributed by atoms with Gasteiger partial charge in [-0.15, -0.1) is 0 Å². The molecular formula is C24H25F3N4O. The maximum Gasteiger partial charge on any atom is 0.416 e. The number of nitrogens with zero attached hydrogens (tertiary/aromatic N) is 4. The van der Waals surface area contributed by atoms with Gasteiger partial charge in [-0.3, -0.25) is 9.69 Å². The fraction of sp³-hybridized carbons (Fsp3) is 0.333. The number of benzene rings is 2. The highest BCUT2D eigenvalue weighted by molar-refractivity contribution is 5.95. The zero-order chi connectivity index (χ0) is 22.7. The smallest absolute Gasteiger partial charge is 0.337 e. The number of hydrogen-bond acceptors (Lipinski definition) is 3. The zero-order valence-electron chi connectivity index (χ0n) is 17.8. The van der Waals surface area contributed by atoms with E-state index in [0.717, 1.165) is 38.2 Å². The van der Waals surface area contributed by atoms with Crippen molar-refractivity contribution in [1.29, 1.82) is 0 Å². The van der Waals surface area contributed by atoms with Crippen molar-refractivity contribution in [1.82, 2.24) is 19.6 Å². The Morgan fingerprint density at radius 1 is 1.00 bits per heavy atom. The van der Waals surface area contributed by atoms with Gasteiger partial charge in [-0.2, -0.15) is 18.3 Å². The molecule has 0 atom stereocenters. The Labute approximate surface area is 185 Å². The quantitative estimate of drug-likeness (QED) is 0.596. The van der Waals surface area contributed by atoms with Gasteiger partial charge in [0.1, 0.15) is 0 Å². The third-order valence-electron chi connectivity index (χ3n) is 5.78. The minimum absolute atomic E-state index is 0.137. The van der Waals surface area contributed by atoms with Crippen LogP contribution in [0.15, 0.2) is 60.8 Å². The highest BCUT2D eigenvalue weighted by Gasteiger charge is 2.31. The SMILES string of the molecule is Cc1c(C(=O)N2CCCN(Cc3ccccc3)CC2)cnn1-c1cccc(C(F)(F)F)c1. The summed E-state index contributed by atoms with van der Waals surface area (Å²) in [6, 6.07) is 15.2. The molecule has 2 aromatic carbocycles. The molecule has 8 heteroatoms. The first-order valence-electron chi connectivity index (χ1n) is 10.6. The number of rotatable bonds is 4. The van der Waals surface area contributed by atoms with Gasteiger partial charge in [0.05, 0.1) is 28.7 Å². The van der Waals surface area contributed by atoms with E-state index in [0.29, 0.717) is 24.3 Å². The van der Waals surface area contributed by atoms with Crippen LogP contribution in [0.3, 0.4) is 0 Å². The summed E-state index contributed by atoms with van der Waals surface area (Å²) >= 11 is 0. The van der Waals surface area contributed by atoms with Gasteiger partial charge in [0.25, 0.3) is 5.91 Å². The van der Waals surface area contributed by atoms with Gasteiger partial charge < -0.3 is 4.90 Å². The Hall–Kier alpha value is -3.13. The summed E-state index contributed by atoms with van der Waals surface area (Å²) < 4.78 is 40.6. The van der Waals surface area contributed by atoms with E-state index in [4.69, 9.17) is 0 Å². The van der Waals surface area contributed by atoms with Gasteiger partial charge in [-0.05, 0) is 37.1 Å². The van der Waals surface area contributed by atoms with Crippen molar-refractivity contribution in [3.8, 4) is 5.69 Å². The molecule has 0 aliphatic carbocycles. The molecule has 0 unspecified atom stereocenters. The molecule has 0 spiro atoms. The first kappa shape index (κ1) is 22.1. The van der Waals surface area contributed by atoms with Crippen molar-refractivity contribution in [3.05, 3.63) is 83.2 Å². The van der Waals surface area contributed by atoms with E-state index < -0.39 is 11.7 Å². The molecule has 0 radical (unpaired) electrons. The summed E-state index contributed by atoms with van der Waals surface area (Å²) in [5.41, 5.74) is 1.72. The van der Waals surface area contributed by atoms with Crippen LogP contribution in [0.4, 0.5) is 13.2 Å². The second-order valence-electron chi connectivity index (χ2n) is 8.01. The highest BCUT2D eigenvalue weighted by atomic mass is 19.4. The largest absolute Gasteiger partial charge is 0.416 e. The van der Waals surface area contributed by atoms with Crippen molar-refractivity contribution in [3.63, 3.8) is 0 Å². The van der Waals surface area contributed by atoms with Gasteiger partial charge in [-0.1, -0.05) is 36.4 Å². The number of halogens is 3. The highest BCUT2D eigenvalue weighted by Crippen LogP contribution is 2.30. The van der Waals surface area contributed by atoms with Crippen molar-refractivity contribution < 1.29 is 18.0 Å². The number of hydrogen-bond donors (Lipinski definition) is 0. The molecule has 4 rings (SSSR count). The molecule has 168 valence electrons. The molecule has 3 aromatic rings. The van der Waals surface area contributed by atoms with E-state index in [9.17, 15) is 18.0 Å². The average molecular weight is 442 g/mol. The minimum atomic E-state index is -4.44. The van der Waals surface area contributed by atoms with Crippen LogP contribution >= 0.6 is 0 Å². The van der Waals surface area contributed by atoms with Crippen LogP contribution in [0, 0.1) is 6.92 Å². The van der Waals surface area contributed by atoms with Crippen LogP contribution in [0.5, 0.6) is 0 Å². The monoisotopic (exact) mass is 442 g/mol. The molecule has 2 heterocycles. The van der Waals surface area contributed by atoms with Crippen LogP contribution in [0.25, 0.3) is 5.69 Å². The van der Waals surface area contributed by atoms with E-state index >= 15 is 0 Å². The number of aromatic nitrogens is 2. The van der Waals surface area contributed by atoms with E-state index in [1.165, 1.54) is 22.5 Å². The van der Waals surface area contributed by atoms with Crippen molar-refractivity contribution in [2.75, 3.05) is 26.2 Å². The third-order valence-corrected chi connectivity index (χ3v) is 5.78. The number of alkyl halides is 3. The van der Waals surface area contributed by atoms with E-state index in [1.807, 2.05) is 23.1 Å². The topological polar surface area (TPSA) is 41.4 Å². The third kappa shape index (κ3) is 4.85. The lowest BCUT2D eigenvalue weighted by Gasteiger charge is -2.22. The van der Waals surface area contributed by atoms with E-state index in [1.54, 1.807) is 13.0 Å². The van der Waals surface area contributed by atoms with E-state index in [-0.39, 0.29) is 11.6 Å². The molecule has 1 saturated heterocycles. The Morgan fingerprint density at radius 2 is 1.78 bits per heavy atom. The predicted molar refractivity (Wildman–Crippen MR) is 116 cm³/mol. The number of amides is 1. The first-order chi connectivity index (χ1) is 15.3. The molecule has 0 saturated carbocycles. The summed E-state index contributed by atoms with van der Waals surface area (Å²) in [7, 11) is 0. The van der Waals surface area contributed by atoms with Gasteiger partial charge in [0.15, 0.2) is 0 Å². The molecule has 32 heavy (non-hydrogen) atoms. The lowest BCUT2D eigenvalue weighted by Crippen LogP contribution is -2.35. The lowest BCUT2D eigenvalue weighted by atomic mass is 10.2. The summed E-state index contributed by atoms with van der Waals surface area (Å²) in [5.74, 6) is -0.137. The van der Waals surface area contributed by atoms with Crippen molar-refractivity contribution >= 4 is 5.91 Å². The van der Waals surface area contributed by atoms with Crippen LogP contribution in [0.2, 0.25) is 0 Å². The Bertz CT molecular complexity index is 1080. The Morgan fingerprint density at radius 3 is 2.53 bits per heavy atom. The molecule has 1 fully saturated rings. The van der Waals surface area contributed by atoms with Gasteiger partial charge in [0, 0.05) is 32.7 Å². The van der Waals surface area contributed by atoms with Crippen molar-refractivity contribution in [2.45, 2.75) is 26.1 Å². The molecule has 1 aliphatic rings. The van der Waals surface area contributed by atoms with Crippen LogP contribution < -0.4 is 0 Å². The maximum absolute atomic E-state index is 13.2. The lowest BCUT2D eigenvalue weighted by molar-refractivity contribution is -0.137. The number of carbonyl (C=O) groups is 1. The van der Waals surface area contributed by atoms with Gasteiger partial charge in [-0.25, -0.2) is 4.68 Å². The second-order valence-corrected chi connectivity index (χ2v) is 8.01. The fourth-order valence-corrected chi connectivity index (χ4v) is 4.04. The molecule has 5 nitrogen and oxygen atoms in total. The zero-order valence-corrected chi connectivity index (χ0v) is 17.8. The summed E-state index contributed by atoms with van der Waals surface area (Å²) in [4.78, 5) is 17.3. The van der Waals surface area contributed by atoms with Gasteiger partial charge >= 0.3 is 6.18 Å². The molecule has 1 aliphatic heterocycles.